The van der Waals surface area contributed by atoms with Gasteiger partial charge in [0.15, 0.2) is 5.82 Å². The van der Waals surface area contributed by atoms with E-state index in [2.05, 4.69) is 31.3 Å². The zero-order valence-corrected chi connectivity index (χ0v) is 15.9. The lowest BCUT2D eigenvalue weighted by Gasteiger charge is -2.29. The van der Waals surface area contributed by atoms with Gasteiger partial charge >= 0.3 is 6.09 Å². The molecule has 0 aliphatic heterocycles. The zero-order chi connectivity index (χ0) is 17.0. The van der Waals surface area contributed by atoms with E-state index in [1.807, 2.05) is 20.8 Å². The zero-order valence-electron chi connectivity index (χ0n) is 13.6. The summed E-state index contributed by atoms with van der Waals surface area (Å²) in [5.74, 6) is 1.04. The molecule has 1 aromatic heterocycles. The molecular weight excluding hydrogens is 384 g/mol. The highest BCUT2D eigenvalue weighted by Gasteiger charge is 2.25. The molecule has 1 amide bonds. The fourth-order valence-corrected chi connectivity index (χ4v) is 3.11. The van der Waals surface area contributed by atoms with Gasteiger partial charge in [-0.3, -0.25) is 5.01 Å². The number of amides is 1. The van der Waals surface area contributed by atoms with Crippen molar-refractivity contribution in [2.24, 2.45) is 5.92 Å². The molecule has 1 saturated carbocycles. The Kier molecular flexibility index (Phi) is 6.08. The summed E-state index contributed by atoms with van der Waals surface area (Å²) in [6.07, 6.45) is 5.78. The summed E-state index contributed by atoms with van der Waals surface area (Å²) in [6, 6.07) is 0. The van der Waals surface area contributed by atoms with Crippen LogP contribution < -0.4 is 10.4 Å². The highest BCUT2D eigenvalue weighted by Crippen LogP contribution is 2.29. The summed E-state index contributed by atoms with van der Waals surface area (Å²) in [7, 11) is 0. The van der Waals surface area contributed by atoms with Crippen molar-refractivity contribution in [1.29, 1.82) is 0 Å². The number of carbonyl (C=O) groups excluding carboxylic acids is 1. The van der Waals surface area contributed by atoms with Gasteiger partial charge in [-0.05, 0) is 67.1 Å². The first-order valence-electron chi connectivity index (χ1n) is 7.70. The van der Waals surface area contributed by atoms with Crippen molar-refractivity contribution in [3.8, 4) is 0 Å². The monoisotopic (exact) mass is 404 g/mol. The van der Waals surface area contributed by atoms with Crippen LogP contribution in [0.15, 0.2) is 10.7 Å². The Morgan fingerprint density at radius 2 is 2.13 bits per heavy atom. The molecule has 23 heavy (non-hydrogen) atoms. The summed E-state index contributed by atoms with van der Waals surface area (Å²) in [6.45, 7) is 6.13. The second-order valence-electron chi connectivity index (χ2n) is 6.69. The molecular formula is C15H22BrClN4O2. The first kappa shape index (κ1) is 18.3. The molecule has 0 radical (unpaired) electrons. The van der Waals surface area contributed by atoms with Crippen LogP contribution in [0.5, 0.6) is 0 Å². The molecule has 0 unspecified atom stereocenters. The maximum Gasteiger partial charge on any atom is 0.426 e. The van der Waals surface area contributed by atoms with Crippen molar-refractivity contribution in [3.05, 3.63) is 16.0 Å². The van der Waals surface area contributed by atoms with Crippen molar-refractivity contribution in [3.63, 3.8) is 0 Å². The van der Waals surface area contributed by atoms with Gasteiger partial charge in [0.25, 0.3) is 0 Å². The van der Waals surface area contributed by atoms with Crippen molar-refractivity contribution in [1.82, 2.24) is 15.4 Å². The number of rotatable bonds is 4. The highest BCUT2D eigenvalue weighted by atomic mass is 79.9. The summed E-state index contributed by atoms with van der Waals surface area (Å²) in [4.78, 5) is 20.3. The van der Waals surface area contributed by atoms with Gasteiger partial charge < -0.3 is 4.74 Å². The molecule has 1 aromatic rings. The fourth-order valence-electron chi connectivity index (χ4n) is 2.57. The molecule has 8 heteroatoms. The molecule has 0 atom stereocenters. The number of aromatic nitrogens is 2. The third kappa shape index (κ3) is 5.80. The van der Waals surface area contributed by atoms with Crippen molar-refractivity contribution < 1.29 is 9.53 Å². The molecule has 2 rings (SSSR count). The minimum Gasteiger partial charge on any atom is -0.443 e. The average Bonchev–Trinajstić information content (AvgIpc) is 2.91. The molecule has 6 nitrogen and oxygen atoms in total. The fraction of sp³-hybridized carbons (Fsp3) is 0.667. The number of halogens is 2. The number of hydrazine groups is 1. The molecule has 128 valence electrons. The van der Waals surface area contributed by atoms with Gasteiger partial charge in [-0.15, -0.1) is 0 Å². The highest BCUT2D eigenvalue weighted by molar-refractivity contribution is 9.10. The second kappa shape index (κ2) is 7.66. The summed E-state index contributed by atoms with van der Waals surface area (Å²) in [5.41, 5.74) is 2.21. The number of ether oxygens (including phenoxy) is 1. The van der Waals surface area contributed by atoms with Gasteiger partial charge in [0.1, 0.15) is 5.60 Å². The van der Waals surface area contributed by atoms with Crippen molar-refractivity contribution in [2.75, 3.05) is 11.6 Å². The standard InChI is InChI=1S/C15H22BrClN4O2/c1-15(2,3)23-14(22)20-21(9-10-6-4-5-7-10)12-11(16)8-18-13(17)19-12/h8,10H,4-7,9H2,1-3H3,(H,20,22). The molecule has 0 saturated heterocycles. The second-order valence-corrected chi connectivity index (χ2v) is 7.88. The quantitative estimate of drug-likeness (QED) is 0.596. The van der Waals surface area contributed by atoms with Crippen LogP contribution in [0.1, 0.15) is 46.5 Å². The molecule has 1 heterocycles. The predicted octanol–water partition coefficient (Wildman–Crippen LogP) is 4.33. The van der Waals surface area contributed by atoms with Crippen molar-refractivity contribution in [2.45, 2.75) is 52.1 Å². The predicted molar refractivity (Wildman–Crippen MR) is 93.4 cm³/mol. The Balaban J connectivity index is 2.17. The Bertz CT molecular complexity index is 559. The third-order valence-corrected chi connectivity index (χ3v) is 4.23. The van der Waals surface area contributed by atoms with E-state index in [4.69, 9.17) is 16.3 Å². The summed E-state index contributed by atoms with van der Waals surface area (Å²) >= 11 is 9.32. The largest absolute Gasteiger partial charge is 0.443 e. The van der Waals surface area contributed by atoms with E-state index in [1.165, 1.54) is 12.8 Å². The van der Waals surface area contributed by atoms with Crippen LogP contribution >= 0.6 is 27.5 Å². The summed E-state index contributed by atoms with van der Waals surface area (Å²) < 4.78 is 6.00. The lowest BCUT2D eigenvalue weighted by atomic mass is 10.1. The third-order valence-electron chi connectivity index (χ3n) is 3.49. The van der Waals surface area contributed by atoms with Crippen LogP contribution in [0, 0.1) is 5.92 Å². The minimum atomic E-state index is -0.566. The molecule has 0 aromatic carbocycles. The molecule has 1 aliphatic carbocycles. The van der Waals surface area contributed by atoms with Gasteiger partial charge in [0, 0.05) is 12.7 Å². The maximum absolute atomic E-state index is 12.1. The smallest absolute Gasteiger partial charge is 0.426 e. The maximum atomic E-state index is 12.1. The van der Waals surface area contributed by atoms with E-state index in [0.29, 0.717) is 22.8 Å². The molecule has 1 aliphatic rings. The van der Waals surface area contributed by atoms with Crippen LogP contribution in [-0.4, -0.2) is 28.2 Å². The minimum absolute atomic E-state index is 0.130. The van der Waals surface area contributed by atoms with Crippen molar-refractivity contribution >= 4 is 39.4 Å². The Morgan fingerprint density at radius 3 is 2.74 bits per heavy atom. The number of carbonyl (C=O) groups is 1. The molecule has 0 spiro atoms. The Morgan fingerprint density at radius 1 is 1.48 bits per heavy atom. The first-order valence-corrected chi connectivity index (χ1v) is 8.87. The SMILES string of the molecule is CC(C)(C)OC(=O)NN(CC1CCCC1)c1nc(Cl)ncc1Br. The normalized spacial score (nSPS) is 15.5. The van der Waals surface area contributed by atoms with Crippen LogP contribution in [0.25, 0.3) is 0 Å². The number of nitrogens with one attached hydrogen (secondary N) is 1. The molecule has 1 N–H and O–H groups in total. The number of anilines is 1. The van der Waals surface area contributed by atoms with E-state index in [-0.39, 0.29) is 5.28 Å². The Labute approximate surface area is 150 Å². The van der Waals surface area contributed by atoms with Crippen LogP contribution in [0.3, 0.4) is 0 Å². The van der Waals surface area contributed by atoms with Gasteiger partial charge in [-0.2, -0.15) is 4.98 Å². The van der Waals surface area contributed by atoms with E-state index < -0.39 is 11.7 Å². The number of hydrogen-bond acceptors (Lipinski definition) is 5. The van der Waals surface area contributed by atoms with E-state index in [9.17, 15) is 4.79 Å². The van der Waals surface area contributed by atoms with Gasteiger partial charge in [-0.1, -0.05) is 12.8 Å². The molecule has 1 fully saturated rings. The van der Waals surface area contributed by atoms with E-state index in [0.717, 1.165) is 12.8 Å². The van der Waals surface area contributed by atoms with Gasteiger partial charge in [-0.25, -0.2) is 15.2 Å². The van der Waals surface area contributed by atoms with Crippen LogP contribution in [-0.2, 0) is 4.74 Å². The van der Waals surface area contributed by atoms with Crippen LogP contribution in [0.4, 0.5) is 10.6 Å². The number of hydrogen-bond donors (Lipinski definition) is 1. The lowest BCUT2D eigenvalue weighted by molar-refractivity contribution is 0.0518. The topological polar surface area (TPSA) is 67.3 Å². The first-order chi connectivity index (χ1) is 10.7. The number of nitrogens with zero attached hydrogens (tertiary/aromatic N) is 3. The molecule has 0 bridgehead atoms. The lowest BCUT2D eigenvalue weighted by Crippen LogP contribution is -2.47. The van der Waals surface area contributed by atoms with Gasteiger partial charge in [0.05, 0.1) is 4.47 Å². The Hall–Kier alpha value is -1.08. The van der Waals surface area contributed by atoms with E-state index in [1.54, 1.807) is 11.2 Å². The van der Waals surface area contributed by atoms with E-state index >= 15 is 0 Å². The summed E-state index contributed by atoms with van der Waals surface area (Å²) in [5, 5.41) is 1.83. The van der Waals surface area contributed by atoms with Gasteiger partial charge in [0.2, 0.25) is 5.28 Å². The average molecular weight is 406 g/mol. The van der Waals surface area contributed by atoms with Crippen LogP contribution in [0.2, 0.25) is 5.28 Å².